The van der Waals surface area contributed by atoms with E-state index in [-0.39, 0.29) is 38.5 Å². The Morgan fingerprint density at radius 2 is 1.09 bits per heavy atom. The van der Waals surface area contributed by atoms with E-state index < -0.39 is 161 Å². The number of fused-ring (bicyclic) bond motifs is 1. The van der Waals surface area contributed by atoms with Crippen molar-refractivity contribution in [3.63, 3.8) is 0 Å². The molecule has 0 fully saturated rings. The molecule has 41 heteroatoms. The lowest BCUT2D eigenvalue weighted by Gasteiger charge is -2.14. The summed E-state index contributed by atoms with van der Waals surface area (Å²) in [5, 5.41) is 41.1. The second-order valence-corrected chi connectivity index (χ2v) is 25.7. The summed E-state index contributed by atoms with van der Waals surface area (Å²) < 4.78 is 230. The van der Waals surface area contributed by atoms with E-state index >= 15 is 0 Å². The molecule has 0 saturated carbocycles. The maximum atomic E-state index is 13.0. The molecule has 5 aromatic carbocycles. The summed E-state index contributed by atoms with van der Waals surface area (Å²) in [4.78, 5) is 6.83. The predicted molar refractivity (Wildman–Crippen MR) is 261 cm³/mol. The van der Waals surface area contributed by atoms with Gasteiger partial charge < -0.3 is 25.6 Å². The first-order chi connectivity index (χ1) is 35.4. The van der Waals surface area contributed by atoms with Crippen LogP contribution < -0.4 is 15.4 Å². The number of hydrogen-bond donors (Lipinski definition) is 9. The Hall–Kier alpha value is -6.77. The number of sulfone groups is 2. The average Bonchev–Trinajstić information content (AvgIpc) is 3.29. The van der Waals surface area contributed by atoms with Crippen LogP contribution in [-0.2, 0) is 79.2 Å². The van der Waals surface area contributed by atoms with E-state index in [1.54, 1.807) is 0 Å². The van der Waals surface area contributed by atoms with Gasteiger partial charge in [0, 0.05) is 17.1 Å². The third-order valence-electron chi connectivity index (χ3n) is 9.56. The van der Waals surface area contributed by atoms with Gasteiger partial charge in [-0.1, -0.05) is 0 Å². The molecule has 0 aliphatic heterocycles. The fraction of sp³-hybridized carbons (Fsp3) is 0.139. The van der Waals surface area contributed by atoms with Crippen LogP contribution in [0.25, 0.3) is 10.8 Å². The Morgan fingerprint density at radius 1 is 0.545 bits per heavy atom. The summed E-state index contributed by atoms with van der Waals surface area (Å²) in [7, 11) is -33.7. The normalized spacial score (nSPS) is 13.1. The predicted octanol–water partition coefficient (Wildman–Crippen LogP) is 4.34. The fourth-order valence-corrected chi connectivity index (χ4v) is 11.4. The molecule has 33 nitrogen and oxygen atoms in total. The number of hydrogen-bond acceptors (Lipinski definition) is 28. The van der Waals surface area contributed by atoms with Crippen LogP contribution in [-0.4, -0.2) is 139 Å². The molecular weight excluding hydrogens is 1200 g/mol. The van der Waals surface area contributed by atoms with Crippen molar-refractivity contribution in [2.75, 3.05) is 42.5 Å². The number of aromatic hydroxyl groups is 2. The number of rotatable bonds is 22. The van der Waals surface area contributed by atoms with E-state index in [4.69, 9.17) is 25.4 Å². The molecular formula is C36H32ClN9O24S7. The Kier molecular flexibility index (Phi) is 17.2. The summed E-state index contributed by atoms with van der Waals surface area (Å²) >= 11 is 6.07. The van der Waals surface area contributed by atoms with Crippen LogP contribution in [0.15, 0.2) is 118 Å². The lowest BCUT2D eigenvalue weighted by Crippen LogP contribution is -2.16. The van der Waals surface area contributed by atoms with Gasteiger partial charge in [-0.25, -0.2) is 25.2 Å². The monoisotopic (exact) mass is 1230 g/mol. The Bertz CT molecular complexity index is 4250. The Balaban J connectivity index is 1.30. The highest BCUT2D eigenvalue weighted by molar-refractivity contribution is 7.92. The quantitative estimate of drug-likeness (QED) is 0.0259. The number of anilines is 4. The summed E-state index contributed by atoms with van der Waals surface area (Å²) in [5.74, 6) is -5.69. The van der Waals surface area contributed by atoms with Crippen molar-refractivity contribution >= 4 is 139 Å². The minimum Gasteiger partial charge on any atom is -0.505 e. The summed E-state index contributed by atoms with van der Waals surface area (Å²) in [6.45, 7) is -2.05. The zero-order valence-electron chi connectivity index (χ0n) is 37.7. The van der Waals surface area contributed by atoms with Gasteiger partial charge >= 0.3 is 20.8 Å². The van der Waals surface area contributed by atoms with Crippen molar-refractivity contribution in [1.82, 2.24) is 15.0 Å². The number of phenols is 2. The van der Waals surface area contributed by atoms with Gasteiger partial charge in [-0.15, -0.1) is 15.3 Å². The number of phenolic OH excluding ortho intramolecular Hbond substituents is 2. The molecule has 0 unspecified atom stereocenters. The van der Waals surface area contributed by atoms with Crippen molar-refractivity contribution in [1.29, 1.82) is 0 Å². The van der Waals surface area contributed by atoms with Crippen molar-refractivity contribution in [2.24, 2.45) is 20.5 Å². The minimum absolute atomic E-state index is 0.0310. The molecule has 0 spiro atoms. The third kappa shape index (κ3) is 15.5. The third-order valence-corrected chi connectivity index (χ3v) is 16.6. The lowest BCUT2D eigenvalue weighted by atomic mass is 10.1. The van der Waals surface area contributed by atoms with Gasteiger partial charge in [0.05, 0.1) is 53.0 Å². The molecule has 0 amide bonds. The molecule has 414 valence electrons. The Labute approximate surface area is 439 Å². The number of benzene rings is 5. The van der Waals surface area contributed by atoms with E-state index in [9.17, 15) is 82.8 Å². The molecule has 1 aromatic heterocycles. The number of ether oxygens (including phenoxy) is 1. The van der Waals surface area contributed by atoms with Crippen LogP contribution in [0.4, 0.5) is 46.0 Å². The number of nitrogens with zero attached hydrogens (tertiary/aromatic N) is 7. The summed E-state index contributed by atoms with van der Waals surface area (Å²) in [6, 6.07) is 11.2. The maximum Gasteiger partial charge on any atom is 0.397 e. The molecule has 0 saturated heterocycles. The number of nitrogens with one attached hydrogen (secondary N) is 2. The van der Waals surface area contributed by atoms with Crippen LogP contribution in [0, 0.1) is 0 Å². The van der Waals surface area contributed by atoms with Gasteiger partial charge in [-0.3, -0.25) is 22.8 Å². The SMILES string of the molecule is COc1cc(N=Nc2c(S(=O)(=O)O)cc3cc(Nc4nc(Cl)nc(Nc5cc(S(=O)(=O)CCOS(=O)(=O)O)cc(S(=O)(=O)O)c5O)n4)ccc3c2O)c(S(=O)(=O)O)cc1N=Nc1ccc(S(=O)(=O)CCOS(=O)(=O)O)cc1. The van der Waals surface area contributed by atoms with Crippen molar-refractivity contribution in [2.45, 2.75) is 24.5 Å². The first-order valence-electron chi connectivity index (χ1n) is 19.8. The number of aromatic nitrogens is 3. The average molecular weight is 1230 g/mol. The van der Waals surface area contributed by atoms with Gasteiger partial charge in [0.1, 0.15) is 37.5 Å². The minimum atomic E-state index is -5.38. The smallest absolute Gasteiger partial charge is 0.397 e. The van der Waals surface area contributed by atoms with Crippen LogP contribution in [0.1, 0.15) is 0 Å². The van der Waals surface area contributed by atoms with E-state index in [2.05, 4.69) is 54.4 Å². The standard InChI is InChI=1S/C36H32ClN9O24S7/c1-68-27-16-25(28(73(53,54)55)17-24(27)44-43-19-2-5-21(6-3-19)71(49,50)10-8-69-76(62,63)64)45-46-31-29(74(56,57)58)13-18-12-20(4-7-23(18)32(31)47)38-35-40-34(37)41-36(42-35)39-26-14-22(15-30(33(26)48)75(59,60)61)72(51,52)11-9-70-77(65,66)67/h2-7,12-17,47-48H,8-11H2,1H3,(H,53,54,55)(H,56,57,58)(H,59,60,61)(H,62,63,64)(H,65,66,67)(H2,38,39,40,41,42). The second kappa shape index (κ2) is 22.3. The molecule has 0 atom stereocenters. The van der Waals surface area contributed by atoms with Crippen molar-refractivity contribution < 1.29 is 105 Å². The topological polar surface area (TPSA) is 520 Å². The number of methoxy groups -OCH3 is 1. The molecule has 1 heterocycles. The Morgan fingerprint density at radius 3 is 1.64 bits per heavy atom. The van der Waals surface area contributed by atoms with Gasteiger partial charge in [0.15, 0.2) is 31.2 Å². The molecule has 0 radical (unpaired) electrons. The van der Waals surface area contributed by atoms with E-state index in [1.807, 2.05) is 0 Å². The summed E-state index contributed by atoms with van der Waals surface area (Å²) in [5.41, 5.74) is -2.97. The van der Waals surface area contributed by atoms with Gasteiger partial charge in [-0.05, 0) is 83.7 Å². The molecule has 77 heavy (non-hydrogen) atoms. The van der Waals surface area contributed by atoms with Crippen LogP contribution in [0.2, 0.25) is 5.28 Å². The van der Waals surface area contributed by atoms with Gasteiger partial charge in [-0.2, -0.15) is 62.2 Å². The molecule has 0 aliphatic rings. The highest BCUT2D eigenvalue weighted by Gasteiger charge is 2.28. The molecule has 0 aliphatic carbocycles. The summed E-state index contributed by atoms with van der Waals surface area (Å²) in [6.07, 6.45) is 0. The van der Waals surface area contributed by atoms with Crippen LogP contribution in [0.5, 0.6) is 17.2 Å². The highest BCUT2D eigenvalue weighted by Crippen LogP contribution is 2.44. The number of azo groups is 2. The highest BCUT2D eigenvalue weighted by atomic mass is 35.5. The van der Waals surface area contributed by atoms with Crippen molar-refractivity contribution in [3.05, 3.63) is 78.1 Å². The molecule has 6 rings (SSSR count). The first kappa shape index (κ1) is 59.5. The lowest BCUT2D eigenvalue weighted by molar-refractivity contribution is 0.282. The number of halogens is 1. The first-order valence-corrected chi connectivity index (χ1v) is 30.6. The molecule has 6 aromatic rings. The maximum absolute atomic E-state index is 13.0. The fourth-order valence-electron chi connectivity index (χ4n) is 6.22. The zero-order chi connectivity index (χ0) is 57.3. The zero-order valence-corrected chi connectivity index (χ0v) is 44.2. The van der Waals surface area contributed by atoms with Crippen LogP contribution >= 0.6 is 11.6 Å². The van der Waals surface area contributed by atoms with Crippen molar-refractivity contribution in [3.8, 4) is 17.2 Å². The second-order valence-electron chi connectivity index (χ2n) is 14.8. The van der Waals surface area contributed by atoms with E-state index in [0.29, 0.717) is 18.2 Å². The van der Waals surface area contributed by atoms with Gasteiger partial charge in [0.2, 0.25) is 17.2 Å². The molecule has 0 bridgehead atoms. The molecule has 9 N–H and O–H groups in total. The van der Waals surface area contributed by atoms with E-state index in [0.717, 1.165) is 55.6 Å². The largest absolute Gasteiger partial charge is 0.505 e. The van der Waals surface area contributed by atoms with Gasteiger partial charge in [0.25, 0.3) is 30.4 Å². The van der Waals surface area contributed by atoms with Crippen LogP contribution in [0.3, 0.4) is 0 Å². The van der Waals surface area contributed by atoms with E-state index in [1.165, 1.54) is 6.07 Å².